The number of rotatable bonds is 0. The van der Waals surface area contributed by atoms with Gasteiger partial charge < -0.3 is 0 Å². The monoisotopic (exact) mass is 159 g/mol. The standard InChI is InChI=1S/C10H9NO/c1-7-2-3-9-8(6-7)4-5-11-10(9)12/h2-3,5-6H,4H2,1H3. The Balaban J connectivity index is 2.58. The average molecular weight is 159 g/mol. The predicted molar refractivity (Wildman–Crippen MR) is 47.7 cm³/mol. The number of hydrogen-bond acceptors (Lipinski definition) is 1. The molecule has 1 aromatic carbocycles. The molecule has 1 aliphatic rings. The van der Waals surface area contributed by atoms with E-state index in [0.717, 1.165) is 17.5 Å². The van der Waals surface area contributed by atoms with E-state index in [9.17, 15) is 4.79 Å². The Bertz CT molecular complexity index is 366. The van der Waals surface area contributed by atoms with Crippen LogP contribution in [0.5, 0.6) is 0 Å². The van der Waals surface area contributed by atoms with Gasteiger partial charge in [0.2, 0.25) is 0 Å². The van der Waals surface area contributed by atoms with Crippen LogP contribution in [0.15, 0.2) is 23.2 Å². The number of carbonyl (C=O) groups is 1. The van der Waals surface area contributed by atoms with Crippen LogP contribution in [0, 0.1) is 6.92 Å². The zero-order valence-electron chi connectivity index (χ0n) is 6.87. The molecule has 0 saturated heterocycles. The first-order chi connectivity index (χ1) is 5.77. The number of carbonyl (C=O) groups excluding carboxylic acids is 1. The van der Waals surface area contributed by atoms with E-state index < -0.39 is 0 Å². The molecule has 0 unspecified atom stereocenters. The van der Waals surface area contributed by atoms with Crippen molar-refractivity contribution in [2.24, 2.45) is 4.99 Å². The summed E-state index contributed by atoms with van der Waals surface area (Å²) >= 11 is 0. The van der Waals surface area contributed by atoms with Gasteiger partial charge in [-0.1, -0.05) is 17.7 Å². The van der Waals surface area contributed by atoms with Crippen LogP contribution in [-0.2, 0) is 6.42 Å². The van der Waals surface area contributed by atoms with E-state index in [1.165, 1.54) is 5.56 Å². The molecule has 0 bridgehead atoms. The van der Waals surface area contributed by atoms with Crippen LogP contribution in [0.2, 0.25) is 0 Å². The lowest BCUT2D eigenvalue weighted by Gasteiger charge is -2.08. The molecule has 0 saturated carbocycles. The first kappa shape index (κ1) is 7.22. The summed E-state index contributed by atoms with van der Waals surface area (Å²) in [6.07, 6.45) is 2.45. The van der Waals surface area contributed by atoms with Crippen LogP contribution in [0.4, 0.5) is 0 Å². The molecule has 0 atom stereocenters. The Kier molecular flexibility index (Phi) is 1.54. The quantitative estimate of drug-likeness (QED) is 0.567. The second-order valence-electron chi connectivity index (χ2n) is 2.98. The molecule has 12 heavy (non-hydrogen) atoms. The summed E-state index contributed by atoms with van der Waals surface area (Å²) in [5.41, 5.74) is 3.04. The van der Waals surface area contributed by atoms with E-state index in [-0.39, 0.29) is 5.91 Å². The summed E-state index contributed by atoms with van der Waals surface area (Å²) in [5.74, 6) is -0.115. The molecule has 0 aromatic heterocycles. The van der Waals surface area contributed by atoms with E-state index in [2.05, 4.69) is 4.99 Å². The SMILES string of the molecule is Cc1ccc2c(c1)CC=NC2=O. The fourth-order valence-electron chi connectivity index (χ4n) is 1.40. The first-order valence-electron chi connectivity index (χ1n) is 3.94. The molecule has 2 heteroatoms. The molecule has 2 nitrogen and oxygen atoms in total. The molecule has 1 aromatic rings. The first-order valence-corrected chi connectivity index (χ1v) is 3.94. The number of hydrogen-bond donors (Lipinski definition) is 0. The Morgan fingerprint density at radius 3 is 3.08 bits per heavy atom. The topological polar surface area (TPSA) is 29.4 Å². The molecular formula is C10H9NO. The highest BCUT2D eigenvalue weighted by molar-refractivity contribution is 6.03. The highest BCUT2D eigenvalue weighted by atomic mass is 16.1. The lowest BCUT2D eigenvalue weighted by Crippen LogP contribution is -2.08. The van der Waals surface area contributed by atoms with Gasteiger partial charge in [-0.2, -0.15) is 0 Å². The lowest BCUT2D eigenvalue weighted by molar-refractivity contribution is 0.100. The van der Waals surface area contributed by atoms with E-state index in [1.54, 1.807) is 6.21 Å². The van der Waals surface area contributed by atoms with Crippen LogP contribution < -0.4 is 0 Å². The maximum atomic E-state index is 11.2. The molecule has 0 radical (unpaired) electrons. The van der Waals surface area contributed by atoms with Gasteiger partial charge in [0.15, 0.2) is 0 Å². The van der Waals surface area contributed by atoms with Gasteiger partial charge in [-0.05, 0) is 18.6 Å². The largest absolute Gasteiger partial charge is 0.276 e. The van der Waals surface area contributed by atoms with Gasteiger partial charge in [0.05, 0.1) is 0 Å². The van der Waals surface area contributed by atoms with E-state index in [1.807, 2.05) is 25.1 Å². The van der Waals surface area contributed by atoms with E-state index in [4.69, 9.17) is 0 Å². The van der Waals surface area contributed by atoms with Crippen LogP contribution in [0.1, 0.15) is 21.5 Å². The number of amides is 1. The molecule has 0 fully saturated rings. The molecule has 1 amide bonds. The molecule has 0 spiro atoms. The van der Waals surface area contributed by atoms with Gasteiger partial charge in [0, 0.05) is 18.2 Å². The fourth-order valence-corrected chi connectivity index (χ4v) is 1.40. The van der Waals surface area contributed by atoms with Crippen LogP contribution in [-0.4, -0.2) is 12.1 Å². The number of aryl methyl sites for hydroxylation is 1. The van der Waals surface area contributed by atoms with Crippen LogP contribution in [0.25, 0.3) is 0 Å². The second kappa shape index (κ2) is 2.55. The van der Waals surface area contributed by atoms with Gasteiger partial charge in [0.1, 0.15) is 0 Å². The van der Waals surface area contributed by atoms with Crippen molar-refractivity contribution >= 4 is 12.1 Å². The Labute approximate surface area is 70.9 Å². The molecule has 1 heterocycles. The maximum Gasteiger partial charge on any atom is 0.276 e. The minimum absolute atomic E-state index is 0.115. The number of benzene rings is 1. The van der Waals surface area contributed by atoms with Crippen molar-refractivity contribution in [1.29, 1.82) is 0 Å². The number of aliphatic imine (C=N–C) groups is 1. The molecule has 60 valence electrons. The summed E-state index contributed by atoms with van der Waals surface area (Å²) in [7, 11) is 0. The van der Waals surface area contributed by atoms with E-state index in [0.29, 0.717) is 0 Å². The minimum atomic E-state index is -0.115. The zero-order valence-corrected chi connectivity index (χ0v) is 6.87. The Hall–Kier alpha value is -1.44. The predicted octanol–water partition coefficient (Wildman–Crippen LogP) is 1.76. The van der Waals surface area contributed by atoms with Crippen molar-refractivity contribution in [3.63, 3.8) is 0 Å². The normalized spacial score (nSPS) is 14.6. The summed E-state index contributed by atoms with van der Waals surface area (Å²) in [6, 6.07) is 5.83. The van der Waals surface area contributed by atoms with Gasteiger partial charge in [-0.15, -0.1) is 0 Å². The highest BCUT2D eigenvalue weighted by Gasteiger charge is 2.12. The zero-order chi connectivity index (χ0) is 8.55. The molecule has 0 N–H and O–H groups in total. The molecule has 2 rings (SSSR count). The average Bonchev–Trinajstić information content (AvgIpc) is 2.04. The summed E-state index contributed by atoms with van der Waals surface area (Å²) < 4.78 is 0. The molecule has 1 aliphatic heterocycles. The molecule has 0 aliphatic carbocycles. The fraction of sp³-hybridized carbons (Fsp3) is 0.200. The van der Waals surface area contributed by atoms with Crippen molar-refractivity contribution in [2.75, 3.05) is 0 Å². The third-order valence-electron chi connectivity index (χ3n) is 2.01. The van der Waals surface area contributed by atoms with Crippen molar-refractivity contribution in [3.05, 3.63) is 34.9 Å². The van der Waals surface area contributed by atoms with Crippen LogP contribution >= 0.6 is 0 Å². The van der Waals surface area contributed by atoms with Crippen molar-refractivity contribution in [1.82, 2.24) is 0 Å². The number of fused-ring (bicyclic) bond motifs is 1. The minimum Gasteiger partial charge on any atom is -0.267 e. The van der Waals surface area contributed by atoms with Gasteiger partial charge in [-0.25, -0.2) is 4.99 Å². The van der Waals surface area contributed by atoms with Crippen LogP contribution in [0.3, 0.4) is 0 Å². The number of nitrogens with zero attached hydrogens (tertiary/aromatic N) is 1. The third-order valence-corrected chi connectivity index (χ3v) is 2.01. The van der Waals surface area contributed by atoms with Gasteiger partial charge >= 0.3 is 0 Å². The smallest absolute Gasteiger partial charge is 0.267 e. The van der Waals surface area contributed by atoms with Crippen molar-refractivity contribution in [2.45, 2.75) is 13.3 Å². The lowest BCUT2D eigenvalue weighted by atomic mass is 10.00. The summed E-state index contributed by atoms with van der Waals surface area (Å²) in [5, 5.41) is 0. The van der Waals surface area contributed by atoms with Crippen molar-refractivity contribution in [3.8, 4) is 0 Å². The van der Waals surface area contributed by atoms with Gasteiger partial charge in [-0.3, -0.25) is 4.79 Å². The third kappa shape index (κ3) is 1.05. The van der Waals surface area contributed by atoms with E-state index >= 15 is 0 Å². The summed E-state index contributed by atoms with van der Waals surface area (Å²) in [4.78, 5) is 14.9. The maximum absolute atomic E-state index is 11.2. The highest BCUT2D eigenvalue weighted by Crippen LogP contribution is 2.15. The second-order valence-corrected chi connectivity index (χ2v) is 2.98. The van der Waals surface area contributed by atoms with Crippen molar-refractivity contribution < 1.29 is 4.79 Å². The molecular weight excluding hydrogens is 150 g/mol. The Morgan fingerprint density at radius 1 is 1.42 bits per heavy atom. The van der Waals surface area contributed by atoms with Gasteiger partial charge in [0.25, 0.3) is 5.91 Å². The summed E-state index contributed by atoms with van der Waals surface area (Å²) in [6.45, 7) is 2.02. The Morgan fingerprint density at radius 2 is 2.25 bits per heavy atom.